The summed E-state index contributed by atoms with van der Waals surface area (Å²) in [6.07, 6.45) is 0.316. The van der Waals surface area contributed by atoms with Gasteiger partial charge in [0.05, 0.1) is 13.0 Å². The molecule has 0 radical (unpaired) electrons. The molecule has 0 amide bonds. The first-order chi connectivity index (χ1) is 7.04. The molecule has 3 nitrogen and oxygen atoms in total. The Morgan fingerprint density at radius 2 is 2.27 bits per heavy atom. The van der Waals surface area contributed by atoms with Crippen molar-refractivity contribution in [2.75, 3.05) is 7.11 Å². The summed E-state index contributed by atoms with van der Waals surface area (Å²) < 4.78 is 18.0. The number of carbonyl (C=O) groups is 1. The van der Waals surface area contributed by atoms with Gasteiger partial charge in [0.25, 0.3) is 0 Å². The lowest BCUT2D eigenvalue weighted by atomic mass is 10.0. The van der Waals surface area contributed by atoms with E-state index in [4.69, 9.17) is 9.84 Å². The minimum absolute atomic E-state index is 0.168. The lowest BCUT2D eigenvalue weighted by molar-refractivity contribution is -0.141. The highest BCUT2D eigenvalue weighted by atomic mass is 19.1. The van der Waals surface area contributed by atoms with Gasteiger partial charge in [-0.2, -0.15) is 0 Å². The van der Waals surface area contributed by atoms with Crippen molar-refractivity contribution >= 4 is 5.97 Å². The van der Waals surface area contributed by atoms with Crippen LogP contribution in [0.15, 0.2) is 18.2 Å². The molecule has 0 fully saturated rings. The maximum atomic E-state index is 13.2. The normalized spacial score (nSPS) is 12.2. The molecule has 1 aromatic carbocycles. The first kappa shape index (κ1) is 11.5. The number of aliphatic carboxylic acids is 1. The zero-order valence-electron chi connectivity index (χ0n) is 8.66. The molecule has 0 spiro atoms. The van der Waals surface area contributed by atoms with Crippen LogP contribution in [-0.4, -0.2) is 18.2 Å². The number of halogens is 1. The second-order valence-corrected chi connectivity index (χ2v) is 3.41. The quantitative estimate of drug-likeness (QED) is 0.831. The molecular formula is C11H13FO3. The largest absolute Gasteiger partial charge is 0.494 e. The zero-order chi connectivity index (χ0) is 11.4. The van der Waals surface area contributed by atoms with Crippen LogP contribution >= 0.6 is 0 Å². The first-order valence-electron chi connectivity index (χ1n) is 4.59. The van der Waals surface area contributed by atoms with Gasteiger partial charge in [-0.3, -0.25) is 4.79 Å². The smallest absolute Gasteiger partial charge is 0.306 e. The molecule has 1 N–H and O–H groups in total. The Labute approximate surface area is 87.5 Å². The summed E-state index contributed by atoms with van der Waals surface area (Å²) in [6, 6.07) is 4.47. The minimum atomic E-state index is -0.883. The van der Waals surface area contributed by atoms with Gasteiger partial charge in [-0.25, -0.2) is 4.39 Å². The second kappa shape index (κ2) is 4.77. The monoisotopic (exact) mass is 212 g/mol. The molecule has 0 aliphatic heterocycles. The molecule has 1 rings (SSSR count). The second-order valence-electron chi connectivity index (χ2n) is 3.41. The summed E-state index contributed by atoms with van der Waals surface area (Å²) >= 11 is 0. The molecular weight excluding hydrogens is 199 g/mol. The van der Waals surface area contributed by atoms with E-state index in [0.717, 1.165) is 0 Å². The Kier molecular flexibility index (Phi) is 3.66. The summed E-state index contributed by atoms with van der Waals surface area (Å²) in [5.74, 6) is -1.70. The van der Waals surface area contributed by atoms with Gasteiger partial charge in [0.1, 0.15) is 0 Å². The van der Waals surface area contributed by atoms with Gasteiger partial charge in [-0.1, -0.05) is 13.0 Å². The molecule has 0 saturated heterocycles. The van der Waals surface area contributed by atoms with Crippen LogP contribution in [0.1, 0.15) is 12.5 Å². The van der Waals surface area contributed by atoms with Crippen LogP contribution < -0.4 is 4.74 Å². The van der Waals surface area contributed by atoms with Crippen molar-refractivity contribution in [2.45, 2.75) is 13.3 Å². The maximum absolute atomic E-state index is 13.2. The predicted octanol–water partition coefficient (Wildman–Crippen LogP) is 2.10. The van der Waals surface area contributed by atoms with E-state index in [9.17, 15) is 9.18 Å². The van der Waals surface area contributed by atoms with Gasteiger partial charge in [0.15, 0.2) is 11.6 Å². The van der Waals surface area contributed by atoms with Crippen LogP contribution in [0.5, 0.6) is 5.75 Å². The predicted molar refractivity (Wildman–Crippen MR) is 53.5 cm³/mol. The molecule has 0 aliphatic carbocycles. The van der Waals surface area contributed by atoms with Crippen molar-refractivity contribution in [1.29, 1.82) is 0 Å². The number of benzene rings is 1. The van der Waals surface area contributed by atoms with Gasteiger partial charge in [-0.15, -0.1) is 0 Å². The molecule has 1 atom stereocenters. The summed E-state index contributed by atoms with van der Waals surface area (Å²) in [5.41, 5.74) is 0.656. The summed E-state index contributed by atoms with van der Waals surface area (Å²) in [5, 5.41) is 8.69. The van der Waals surface area contributed by atoms with Crippen molar-refractivity contribution in [2.24, 2.45) is 5.92 Å². The van der Waals surface area contributed by atoms with Crippen LogP contribution in [0.4, 0.5) is 4.39 Å². The van der Waals surface area contributed by atoms with Gasteiger partial charge in [0, 0.05) is 0 Å². The molecule has 0 bridgehead atoms. The summed E-state index contributed by atoms with van der Waals surface area (Å²) in [7, 11) is 1.39. The number of rotatable bonds is 4. The van der Waals surface area contributed by atoms with E-state index >= 15 is 0 Å². The molecule has 0 aliphatic rings. The van der Waals surface area contributed by atoms with E-state index in [-0.39, 0.29) is 5.75 Å². The van der Waals surface area contributed by atoms with Crippen LogP contribution in [0, 0.1) is 11.7 Å². The van der Waals surface area contributed by atoms with Gasteiger partial charge in [-0.05, 0) is 24.1 Å². The standard InChI is InChI=1S/C11H13FO3/c1-7(11(13)14)5-8-3-4-10(15-2)9(12)6-8/h3-4,6-7H,5H2,1-2H3,(H,13,14). The first-order valence-corrected chi connectivity index (χ1v) is 4.59. The molecule has 1 aromatic rings. The molecule has 82 valence electrons. The number of carboxylic acid groups (broad SMARTS) is 1. The number of methoxy groups -OCH3 is 1. The van der Waals surface area contributed by atoms with Gasteiger partial charge < -0.3 is 9.84 Å². The average Bonchev–Trinajstić information content (AvgIpc) is 2.18. The van der Waals surface area contributed by atoms with Crippen LogP contribution in [0.25, 0.3) is 0 Å². The van der Waals surface area contributed by atoms with E-state index in [1.54, 1.807) is 13.0 Å². The van der Waals surface area contributed by atoms with Crippen molar-refractivity contribution in [3.63, 3.8) is 0 Å². The fourth-order valence-corrected chi connectivity index (χ4v) is 1.28. The third-order valence-corrected chi connectivity index (χ3v) is 2.18. The number of hydrogen-bond acceptors (Lipinski definition) is 2. The van der Waals surface area contributed by atoms with Gasteiger partial charge >= 0.3 is 5.97 Å². The maximum Gasteiger partial charge on any atom is 0.306 e. The van der Waals surface area contributed by atoms with Crippen LogP contribution in [-0.2, 0) is 11.2 Å². The molecule has 1 unspecified atom stereocenters. The third kappa shape index (κ3) is 2.94. The highest BCUT2D eigenvalue weighted by Gasteiger charge is 2.12. The Hall–Kier alpha value is -1.58. The fourth-order valence-electron chi connectivity index (χ4n) is 1.28. The lowest BCUT2D eigenvalue weighted by Crippen LogP contribution is -2.12. The Bertz CT molecular complexity index is 363. The number of ether oxygens (including phenoxy) is 1. The Morgan fingerprint density at radius 3 is 2.73 bits per heavy atom. The zero-order valence-corrected chi connectivity index (χ0v) is 8.66. The molecule has 4 heteroatoms. The van der Waals surface area contributed by atoms with Crippen molar-refractivity contribution in [1.82, 2.24) is 0 Å². The fraction of sp³-hybridized carbons (Fsp3) is 0.364. The average molecular weight is 212 g/mol. The topological polar surface area (TPSA) is 46.5 Å². The van der Waals surface area contributed by atoms with Gasteiger partial charge in [0.2, 0.25) is 0 Å². The van der Waals surface area contributed by atoms with Crippen molar-refractivity contribution < 1.29 is 19.0 Å². The molecule has 15 heavy (non-hydrogen) atoms. The molecule has 0 heterocycles. The van der Waals surface area contributed by atoms with Crippen LogP contribution in [0.2, 0.25) is 0 Å². The van der Waals surface area contributed by atoms with Crippen molar-refractivity contribution in [3.05, 3.63) is 29.6 Å². The summed E-state index contributed by atoms with van der Waals surface area (Å²) in [4.78, 5) is 10.6. The SMILES string of the molecule is COc1ccc(CC(C)C(=O)O)cc1F. The summed E-state index contributed by atoms with van der Waals surface area (Å²) in [6.45, 7) is 1.59. The third-order valence-electron chi connectivity index (χ3n) is 2.18. The van der Waals surface area contributed by atoms with E-state index in [2.05, 4.69) is 0 Å². The number of carboxylic acids is 1. The van der Waals surface area contributed by atoms with E-state index in [0.29, 0.717) is 12.0 Å². The molecule has 0 saturated carbocycles. The number of hydrogen-bond donors (Lipinski definition) is 1. The van der Waals surface area contributed by atoms with E-state index in [1.165, 1.54) is 19.2 Å². The Balaban J connectivity index is 2.79. The minimum Gasteiger partial charge on any atom is -0.494 e. The van der Waals surface area contributed by atoms with E-state index < -0.39 is 17.7 Å². The highest BCUT2D eigenvalue weighted by Crippen LogP contribution is 2.19. The van der Waals surface area contributed by atoms with Crippen molar-refractivity contribution in [3.8, 4) is 5.75 Å². The van der Waals surface area contributed by atoms with Crippen LogP contribution in [0.3, 0.4) is 0 Å². The van der Waals surface area contributed by atoms with E-state index in [1.807, 2.05) is 0 Å². The highest BCUT2D eigenvalue weighted by molar-refractivity contribution is 5.69. The molecule has 0 aromatic heterocycles. The lowest BCUT2D eigenvalue weighted by Gasteiger charge is -2.07. The Morgan fingerprint density at radius 1 is 1.60 bits per heavy atom.